The smallest absolute Gasteiger partial charge is 0.232 e. The number of hydrogen-bond donors (Lipinski definition) is 0. The van der Waals surface area contributed by atoms with Crippen LogP contribution in [0, 0.1) is 26.7 Å². The molecule has 3 rings (SSSR count). The first-order valence-corrected chi connectivity index (χ1v) is 9.16. The summed E-state index contributed by atoms with van der Waals surface area (Å²) in [6.07, 6.45) is 0.272. The lowest BCUT2D eigenvalue weighted by atomic mass is 10.1. The van der Waals surface area contributed by atoms with Crippen molar-refractivity contribution in [3.63, 3.8) is 0 Å². The number of carbonyl (C=O) groups excluding carboxylic acids is 2. The Hall–Kier alpha value is -2.62. The minimum atomic E-state index is -0.302. The molecule has 2 amide bonds. The van der Waals surface area contributed by atoms with E-state index >= 15 is 0 Å². The van der Waals surface area contributed by atoms with E-state index in [4.69, 9.17) is 0 Å². The molecule has 0 bridgehead atoms. The Labute approximate surface area is 155 Å². The average Bonchev–Trinajstić information content (AvgIpc) is 2.97. The standard InChI is InChI=1S/C22H26N2O2/c1-5-23(19-8-6-7-15(2)12-19)22(26)18-13-21(25)24(14-18)20-10-9-16(3)11-17(20)4/h6-12,18H,5,13-14H2,1-4H3. The highest BCUT2D eigenvalue weighted by molar-refractivity contribution is 6.04. The van der Waals surface area contributed by atoms with Gasteiger partial charge in [-0.3, -0.25) is 9.59 Å². The van der Waals surface area contributed by atoms with E-state index in [0.29, 0.717) is 13.1 Å². The fourth-order valence-corrected chi connectivity index (χ4v) is 3.70. The first-order valence-electron chi connectivity index (χ1n) is 9.16. The lowest BCUT2D eigenvalue weighted by molar-refractivity contribution is -0.124. The van der Waals surface area contributed by atoms with E-state index in [2.05, 4.69) is 6.07 Å². The molecule has 1 saturated heterocycles. The van der Waals surface area contributed by atoms with Gasteiger partial charge < -0.3 is 9.80 Å². The maximum atomic E-state index is 13.1. The predicted octanol–water partition coefficient (Wildman–Crippen LogP) is 4.02. The number of rotatable bonds is 4. The van der Waals surface area contributed by atoms with E-state index in [-0.39, 0.29) is 24.2 Å². The van der Waals surface area contributed by atoms with E-state index in [1.807, 2.05) is 64.1 Å². The molecule has 0 aliphatic carbocycles. The van der Waals surface area contributed by atoms with Crippen LogP contribution in [0.25, 0.3) is 0 Å². The maximum absolute atomic E-state index is 13.1. The van der Waals surface area contributed by atoms with Gasteiger partial charge >= 0.3 is 0 Å². The maximum Gasteiger partial charge on any atom is 0.232 e. The van der Waals surface area contributed by atoms with Gasteiger partial charge in [-0.05, 0) is 57.0 Å². The summed E-state index contributed by atoms with van der Waals surface area (Å²) < 4.78 is 0. The summed E-state index contributed by atoms with van der Waals surface area (Å²) in [4.78, 5) is 29.2. The van der Waals surface area contributed by atoms with Crippen molar-refractivity contribution in [2.24, 2.45) is 5.92 Å². The number of benzene rings is 2. The Morgan fingerprint density at radius 3 is 2.50 bits per heavy atom. The van der Waals surface area contributed by atoms with Crippen LogP contribution in [0.2, 0.25) is 0 Å². The van der Waals surface area contributed by atoms with Gasteiger partial charge in [0.25, 0.3) is 0 Å². The van der Waals surface area contributed by atoms with E-state index in [9.17, 15) is 9.59 Å². The molecule has 1 heterocycles. The molecule has 1 atom stereocenters. The van der Waals surface area contributed by atoms with Crippen molar-refractivity contribution in [1.29, 1.82) is 0 Å². The quantitative estimate of drug-likeness (QED) is 0.836. The minimum Gasteiger partial charge on any atom is -0.312 e. The molecule has 136 valence electrons. The van der Waals surface area contributed by atoms with Crippen LogP contribution in [0.15, 0.2) is 42.5 Å². The first kappa shape index (κ1) is 18.2. The molecule has 2 aromatic carbocycles. The zero-order valence-corrected chi connectivity index (χ0v) is 16.0. The van der Waals surface area contributed by atoms with Crippen molar-refractivity contribution in [2.45, 2.75) is 34.1 Å². The van der Waals surface area contributed by atoms with Crippen molar-refractivity contribution in [1.82, 2.24) is 0 Å². The highest BCUT2D eigenvalue weighted by Gasteiger charge is 2.37. The van der Waals surface area contributed by atoms with E-state index in [0.717, 1.165) is 22.5 Å². The molecule has 0 N–H and O–H groups in total. The molecule has 1 unspecified atom stereocenters. The van der Waals surface area contributed by atoms with Crippen LogP contribution < -0.4 is 9.80 Å². The molecule has 1 aliphatic heterocycles. The van der Waals surface area contributed by atoms with Gasteiger partial charge in [0, 0.05) is 30.9 Å². The molecular weight excluding hydrogens is 324 g/mol. The molecule has 0 aromatic heterocycles. The molecule has 4 nitrogen and oxygen atoms in total. The van der Waals surface area contributed by atoms with Crippen molar-refractivity contribution < 1.29 is 9.59 Å². The van der Waals surface area contributed by atoms with E-state index in [1.165, 1.54) is 5.56 Å². The molecule has 26 heavy (non-hydrogen) atoms. The average molecular weight is 350 g/mol. The van der Waals surface area contributed by atoms with Gasteiger partial charge in [-0.25, -0.2) is 0 Å². The van der Waals surface area contributed by atoms with Crippen LogP contribution in [-0.2, 0) is 9.59 Å². The highest BCUT2D eigenvalue weighted by Crippen LogP contribution is 2.30. The van der Waals surface area contributed by atoms with Crippen LogP contribution in [0.3, 0.4) is 0 Å². The topological polar surface area (TPSA) is 40.6 Å². The predicted molar refractivity (Wildman–Crippen MR) is 106 cm³/mol. The number of aryl methyl sites for hydroxylation is 3. The third-order valence-electron chi connectivity index (χ3n) is 5.01. The molecule has 1 fully saturated rings. The Morgan fingerprint density at radius 1 is 1.12 bits per heavy atom. The fraction of sp³-hybridized carbons (Fsp3) is 0.364. The van der Waals surface area contributed by atoms with Crippen LogP contribution in [0.1, 0.15) is 30.0 Å². The molecule has 0 saturated carbocycles. The van der Waals surface area contributed by atoms with Gasteiger partial charge in [0.2, 0.25) is 11.8 Å². The molecular formula is C22H26N2O2. The SMILES string of the molecule is CCN(C(=O)C1CC(=O)N(c2ccc(C)cc2C)C1)c1cccc(C)c1. The minimum absolute atomic E-state index is 0.0237. The molecule has 0 radical (unpaired) electrons. The summed E-state index contributed by atoms with van der Waals surface area (Å²) in [5, 5.41) is 0. The van der Waals surface area contributed by atoms with Gasteiger partial charge in [-0.2, -0.15) is 0 Å². The van der Waals surface area contributed by atoms with E-state index in [1.54, 1.807) is 9.80 Å². The van der Waals surface area contributed by atoms with Crippen molar-refractivity contribution in [3.05, 3.63) is 59.2 Å². The van der Waals surface area contributed by atoms with Gasteiger partial charge in [0.05, 0.1) is 5.92 Å². The summed E-state index contributed by atoms with van der Waals surface area (Å²) in [5.74, 6) is -0.252. The Kier molecular flexibility index (Phi) is 5.12. The Bertz CT molecular complexity index is 844. The summed E-state index contributed by atoms with van der Waals surface area (Å²) >= 11 is 0. The third-order valence-corrected chi connectivity index (χ3v) is 5.01. The van der Waals surface area contributed by atoms with Crippen molar-refractivity contribution >= 4 is 23.2 Å². The van der Waals surface area contributed by atoms with Crippen LogP contribution >= 0.6 is 0 Å². The lowest BCUT2D eigenvalue weighted by Crippen LogP contribution is -2.37. The number of nitrogens with zero attached hydrogens (tertiary/aromatic N) is 2. The molecule has 2 aromatic rings. The van der Waals surface area contributed by atoms with Crippen LogP contribution in [-0.4, -0.2) is 24.9 Å². The zero-order chi connectivity index (χ0) is 18.8. The third kappa shape index (κ3) is 3.50. The van der Waals surface area contributed by atoms with E-state index < -0.39 is 0 Å². The molecule has 1 aliphatic rings. The van der Waals surface area contributed by atoms with Crippen molar-refractivity contribution in [3.8, 4) is 0 Å². The fourth-order valence-electron chi connectivity index (χ4n) is 3.70. The second-order valence-electron chi connectivity index (χ2n) is 7.12. The second kappa shape index (κ2) is 7.32. The number of carbonyl (C=O) groups is 2. The normalized spacial score (nSPS) is 16.8. The van der Waals surface area contributed by atoms with Crippen LogP contribution in [0.5, 0.6) is 0 Å². The summed E-state index contributed by atoms with van der Waals surface area (Å²) in [6.45, 7) is 9.08. The molecule has 4 heteroatoms. The van der Waals surface area contributed by atoms with Crippen LogP contribution in [0.4, 0.5) is 11.4 Å². The number of anilines is 2. The van der Waals surface area contributed by atoms with Gasteiger partial charge in [-0.1, -0.05) is 29.8 Å². The zero-order valence-electron chi connectivity index (χ0n) is 16.0. The van der Waals surface area contributed by atoms with Crippen molar-refractivity contribution in [2.75, 3.05) is 22.9 Å². The first-order chi connectivity index (χ1) is 12.4. The second-order valence-corrected chi connectivity index (χ2v) is 7.12. The highest BCUT2D eigenvalue weighted by atomic mass is 16.2. The monoisotopic (exact) mass is 350 g/mol. The van der Waals surface area contributed by atoms with Gasteiger partial charge in [-0.15, -0.1) is 0 Å². The van der Waals surface area contributed by atoms with Gasteiger partial charge in [0.1, 0.15) is 0 Å². The summed E-state index contributed by atoms with van der Waals surface area (Å²) in [5.41, 5.74) is 5.16. The Morgan fingerprint density at radius 2 is 1.85 bits per heavy atom. The molecule has 0 spiro atoms. The largest absolute Gasteiger partial charge is 0.312 e. The Balaban J connectivity index is 1.82. The number of hydrogen-bond acceptors (Lipinski definition) is 2. The summed E-state index contributed by atoms with van der Waals surface area (Å²) in [7, 11) is 0. The lowest BCUT2D eigenvalue weighted by Gasteiger charge is -2.25. The number of amides is 2. The summed E-state index contributed by atoms with van der Waals surface area (Å²) in [6, 6.07) is 14.0. The van der Waals surface area contributed by atoms with Gasteiger partial charge in [0.15, 0.2) is 0 Å².